The van der Waals surface area contributed by atoms with Crippen molar-refractivity contribution in [3.8, 4) is 0 Å². The van der Waals surface area contributed by atoms with E-state index in [0.29, 0.717) is 6.42 Å². The molecule has 2 N–H and O–H groups in total. The lowest BCUT2D eigenvalue weighted by molar-refractivity contribution is -0.129. The van der Waals surface area contributed by atoms with Crippen LogP contribution in [0.1, 0.15) is 34.1 Å². The van der Waals surface area contributed by atoms with Gasteiger partial charge in [-0.1, -0.05) is 20.8 Å². The van der Waals surface area contributed by atoms with Gasteiger partial charge in [-0.05, 0) is 13.3 Å². The molecule has 0 saturated carbocycles. The largest absolute Gasteiger partial charge is 0.396 e. The van der Waals surface area contributed by atoms with E-state index < -0.39 is 0 Å². The summed E-state index contributed by atoms with van der Waals surface area (Å²) in [5.74, 6) is 0.0310. The highest BCUT2D eigenvalue weighted by atomic mass is 16.3. The fourth-order valence-electron chi connectivity index (χ4n) is 0.706. The van der Waals surface area contributed by atoms with Gasteiger partial charge in [0.25, 0.3) is 0 Å². The maximum absolute atomic E-state index is 11.4. The summed E-state index contributed by atoms with van der Waals surface area (Å²) in [5.41, 5.74) is -0.344. The van der Waals surface area contributed by atoms with Crippen molar-refractivity contribution in [2.24, 2.45) is 5.41 Å². The first kappa shape index (κ1) is 11.4. The monoisotopic (exact) mass is 173 g/mol. The third-order valence-electron chi connectivity index (χ3n) is 1.62. The average molecular weight is 173 g/mol. The first-order valence-corrected chi connectivity index (χ1v) is 4.29. The van der Waals surface area contributed by atoms with E-state index in [0.717, 1.165) is 0 Å². The highest BCUT2D eigenvalue weighted by molar-refractivity contribution is 5.81. The predicted molar refractivity (Wildman–Crippen MR) is 48.8 cm³/mol. The molecule has 1 amide bonds. The molecule has 0 aliphatic heterocycles. The smallest absolute Gasteiger partial charge is 0.225 e. The Morgan fingerprint density at radius 1 is 1.50 bits per heavy atom. The van der Waals surface area contributed by atoms with Crippen molar-refractivity contribution in [1.82, 2.24) is 5.32 Å². The van der Waals surface area contributed by atoms with Crippen LogP contribution in [0.3, 0.4) is 0 Å². The topological polar surface area (TPSA) is 49.3 Å². The Morgan fingerprint density at radius 2 is 2.00 bits per heavy atom. The van der Waals surface area contributed by atoms with E-state index in [2.05, 4.69) is 5.32 Å². The van der Waals surface area contributed by atoms with E-state index in [9.17, 15) is 4.79 Å². The minimum atomic E-state index is -0.344. The normalized spacial score (nSPS) is 14.1. The van der Waals surface area contributed by atoms with Crippen LogP contribution >= 0.6 is 0 Å². The third-order valence-corrected chi connectivity index (χ3v) is 1.62. The quantitative estimate of drug-likeness (QED) is 0.666. The Labute approximate surface area is 74.2 Å². The molecular formula is C9H19NO2. The molecule has 0 aliphatic rings. The van der Waals surface area contributed by atoms with Crippen LogP contribution in [0.5, 0.6) is 0 Å². The zero-order valence-electron chi connectivity index (χ0n) is 8.35. The van der Waals surface area contributed by atoms with Gasteiger partial charge >= 0.3 is 0 Å². The van der Waals surface area contributed by atoms with E-state index in [1.165, 1.54) is 0 Å². The van der Waals surface area contributed by atoms with Gasteiger partial charge in [0.2, 0.25) is 5.91 Å². The SMILES string of the molecule is CC(CCO)NC(=O)C(C)(C)C. The van der Waals surface area contributed by atoms with Gasteiger partial charge in [0.15, 0.2) is 0 Å². The van der Waals surface area contributed by atoms with Crippen LogP contribution in [0.15, 0.2) is 0 Å². The summed E-state index contributed by atoms with van der Waals surface area (Å²) in [6.45, 7) is 7.61. The fourth-order valence-corrected chi connectivity index (χ4v) is 0.706. The lowest BCUT2D eigenvalue weighted by Crippen LogP contribution is -2.40. The first-order chi connectivity index (χ1) is 5.38. The Hall–Kier alpha value is -0.570. The highest BCUT2D eigenvalue weighted by Gasteiger charge is 2.21. The molecule has 1 unspecified atom stereocenters. The summed E-state index contributed by atoms with van der Waals surface area (Å²) < 4.78 is 0. The van der Waals surface area contributed by atoms with Crippen LogP contribution in [-0.2, 0) is 4.79 Å². The number of hydrogen-bond acceptors (Lipinski definition) is 2. The number of aliphatic hydroxyl groups excluding tert-OH is 1. The van der Waals surface area contributed by atoms with E-state index in [4.69, 9.17) is 5.11 Å². The number of rotatable bonds is 3. The first-order valence-electron chi connectivity index (χ1n) is 4.29. The van der Waals surface area contributed by atoms with E-state index in [-0.39, 0.29) is 24.0 Å². The van der Waals surface area contributed by atoms with Crippen LogP contribution < -0.4 is 5.32 Å². The van der Waals surface area contributed by atoms with Crippen molar-refractivity contribution in [2.75, 3.05) is 6.61 Å². The molecule has 0 fully saturated rings. The van der Waals surface area contributed by atoms with Crippen LogP contribution in [0.2, 0.25) is 0 Å². The van der Waals surface area contributed by atoms with Crippen molar-refractivity contribution in [3.05, 3.63) is 0 Å². The summed E-state index contributed by atoms with van der Waals surface area (Å²) in [4.78, 5) is 11.4. The number of hydrogen-bond donors (Lipinski definition) is 2. The van der Waals surface area contributed by atoms with Crippen molar-refractivity contribution in [3.63, 3.8) is 0 Å². The molecular weight excluding hydrogens is 154 g/mol. The molecule has 0 rings (SSSR count). The molecule has 3 heteroatoms. The van der Waals surface area contributed by atoms with Gasteiger partial charge < -0.3 is 10.4 Å². The number of nitrogens with one attached hydrogen (secondary N) is 1. The van der Waals surface area contributed by atoms with Crippen LogP contribution in [0.4, 0.5) is 0 Å². The summed E-state index contributed by atoms with van der Waals surface area (Å²) >= 11 is 0. The second kappa shape index (κ2) is 4.45. The van der Waals surface area contributed by atoms with Gasteiger partial charge in [-0.2, -0.15) is 0 Å². The van der Waals surface area contributed by atoms with Crippen molar-refractivity contribution >= 4 is 5.91 Å². The minimum Gasteiger partial charge on any atom is -0.396 e. The van der Waals surface area contributed by atoms with Gasteiger partial charge in [-0.3, -0.25) is 4.79 Å². The van der Waals surface area contributed by atoms with Crippen LogP contribution in [-0.4, -0.2) is 23.7 Å². The molecule has 0 bridgehead atoms. The molecule has 0 aromatic heterocycles. The molecule has 0 radical (unpaired) electrons. The maximum atomic E-state index is 11.4. The molecule has 0 heterocycles. The van der Waals surface area contributed by atoms with Crippen molar-refractivity contribution in [1.29, 1.82) is 0 Å². The van der Waals surface area contributed by atoms with Gasteiger partial charge in [0.05, 0.1) is 0 Å². The molecule has 0 aromatic carbocycles. The molecule has 0 spiro atoms. The highest BCUT2D eigenvalue weighted by Crippen LogP contribution is 2.12. The van der Waals surface area contributed by atoms with Gasteiger partial charge in [-0.15, -0.1) is 0 Å². The van der Waals surface area contributed by atoms with Crippen LogP contribution in [0.25, 0.3) is 0 Å². The summed E-state index contributed by atoms with van der Waals surface area (Å²) in [6, 6.07) is 0.0572. The van der Waals surface area contributed by atoms with Crippen LogP contribution in [0, 0.1) is 5.41 Å². The average Bonchev–Trinajstić information content (AvgIpc) is 1.85. The summed E-state index contributed by atoms with van der Waals surface area (Å²) in [7, 11) is 0. The minimum absolute atomic E-state index is 0.0310. The third kappa shape index (κ3) is 4.34. The van der Waals surface area contributed by atoms with E-state index in [1.807, 2.05) is 27.7 Å². The number of carbonyl (C=O) groups is 1. The molecule has 3 nitrogen and oxygen atoms in total. The van der Waals surface area contributed by atoms with E-state index in [1.54, 1.807) is 0 Å². The number of amides is 1. The second-order valence-electron chi connectivity index (χ2n) is 4.14. The zero-order chi connectivity index (χ0) is 9.78. The standard InChI is InChI=1S/C9H19NO2/c1-7(5-6-11)10-8(12)9(2,3)4/h7,11H,5-6H2,1-4H3,(H,10,12). The number of carbonyl (C=O) groups excluding carboxylic acids is 1. The van der Waals surface area contributed by atoms with Crippen molar-refractivity contribution in [2.45, 2.75) is 40.2 Å². The predicted octanol–water partition coefficient (Wildman–Crippen LogP) is 0.920. The second-order valence-corrected chi connectivity index (χ2v) is 4.14. The molecule has 0 aromatic rings. The van der Waals surface area contributed by atoms with Gasteiger partial charge in [0.1, 0.15) is 0 Å². The molecule has 0 aliphatic carbocycles. The Bertz CT molecular complexity index is 149. The van der Waals surface area contributed by atoms with Crippen molar-refractivity contribution < 1.29 is 9.90 Å². The lowest BCUT2D eigenvalue weighted by atomic mass is 9.95. The Morgan fingerprint density at radius 3 is 2.33 bits per heavy atom. The fraction of sp³-hybridized carbons (Fsp3) is 0.889. The van der Waals surface area contributed by atoms with Gasteiger partial charge in [-0.25, -0.2) is 0 Å². The lowest BCUT2D eigenvalue weighted by Gasteiger charge is -2.21. The summed E-state index contributed by atoms with van der Waals surface area (Å²) in [5, 5.41) is 11.4. The summed E-state index contributed by atoms with van der Waals surface area (Å²) in [6.07, 6.45) is 0.613. The molecule has 72 valence electrons. The Balaban J connectivity index is 3.85. The molecule has 1 atom stereocenters. The molecule has 0 saturated heterocycles. The van der Waals surface area contributed by atoms with Gasteiger partial charge in [0, 0.05) is 18.1 Å². The number of aliphatic hydroxyl groups is 1. The Kier molecular flexibility index (Phi) is 4.24. The zero-order valence-corrected chi connectivity index (χ0v) is 8.35. The molecule has 12 heavy (non-hydrogen) atoms. The van der Waals surface area contributed by atoms with E-state index >= 15 is 0 Å². The maximum Gasteiger partial charge on any atom is 0.225 e.